The van der Waals surface area contributed by atoms with Gasteiger partial charge >= 0.3 is 23.5 Å². The zero-order chi connectivity index (χ0) is 46.3. The Bertz CT molecular complexity index is 1920. The highest BCUT2D eigenvalue weighted by atomic mass is 32.2. The van der Waals surface area contributed by atoms with Crippen LogP contribution in [0.25, 0.3) is 11.2 Å². The number of nitrogens with zero attached hydrogens (tertiary/aromatic N) is 4. The Kier molecular flexibility index (Phi) is 21.5. The standard InChI is InChI=1S/C33H58N7O18P3S/c1-4-5-6-7-8-9-10-11-21(41)16-24(43)62-15-14-35-23(42)12-13-36-31(46)28(45)33(2,3)18-55-61(52,53)58-60(50,51)54-17-22-27(57-59(47,48)49)26(44)32(56-22)40-20-39-25-29(34)37-19-38-30(25)40/h19-22,26-28,32,41,44-45H,4-18H2,1-3H3,(H,35,42)(H,36,46)(H,50,51)(H,52,53)(H2,34,37,38)(H2,47,48,49)/t21-,22+,26+,27+,28?,32+/m0/s1. The number of imidazole rings is 1. The molecule has 354 valence electrons. The summed E-state index contributed by atoms with van der Waals surface area (Å²) in [6, 6.07) is 0. The van der Waals surface area contributed by atoms with Crippen LogP contribution in [0, 0.1) is 5.41 Å². The van der Waals surface area contributed by atoms with E-state index in [9.17, 15) is 63.0 Å². The van der Waals surface area contributed by atoms with Crippen molar-refractivity contribution in [1.82, 2.24) is 30.2 Å². The minimum Gasteiger partial charge on any atom is -0.393 e. The Labute approximate surface area is 361 Å². The summed E-state index contributed by atoms with van der Waals surface area (Å²) in [6.07, 6.45) is 0.648. The number of carbonyl (C=O) groups excluding carboxylic acids is 3. The van der Waals surface area contributed by atoms with Crippen LogP contribution in [0.1, 0.15) is 91.2 Å². The van der Waals surface area contributed by atoms with Crippen molar-refractivity contribution in [3.05, 3.63) is 12.7 Å². The number of ether oxygens (including phenoxy) is 1. The largest absolute Gasteiger partial charge is 0.481 e. The molecule has 2 aromatic rings. The van der Waals surface area contributed by atoms with Crippen molar-refractivity contribution in [3.8, 4) is 0 Å². The molecule has 25 nitrogen and oxygen atoms in total. The van der Waals surface area contributed by atoms with E-state index in [-0.39, 0.29) is 53.8 Å². The number of phosphoric acid groups is 3. The number of nitrogen functional groups attached to an aromatic ring is 1. The van der Waals surface area contributed by atoms with Crippen molar-refractivity contribution in [3.63, 3.8) is 0 Å². The molecule has 1 aliphatic heterocycles. The van der Waals surface area contributed by atoms with Gasteiger partial charge in [-0.25, -0.2) is 28.6 Å². The fourth-order valence-electron chi connectivity index (χ4n) is 5.99. The maximum absolute atomic E-state index is 12.7. The fourth-order valence-corrected chi connectivity index (χ4v) is 9.56. The first-order chi connectivity index (χ1) is 28.9. The number of nitrogens with one attached hydrogen (secondary N) is 2. The summed E-state index contributed by atoms with van der Waals surface area (Å²) in [5.74, 6) is -1.22. The first-order valence-corrected chi connectivity index (χ1v) is 25.2. The molecule has 29 heteroatoms. The number of hydrogen-bond acceptors (Lipinski definition) is 19. The molecule has 0 aromatic carbocycles. The third-order valence-electron chi connectivity index (χ3n) is 9.31. The predicted molar refractivity (Wildman–Crippen MR) is 220 cm³/mol. The van der Waals surface area contributed by atoms with Crippen molar-refractivity contribution in [1.29, 1.82) is 0 Å². The third-order valence-corrected chi connectivity index (χ3v) is 13.3. The van der Waals surface area contributed by atoms with Gasteiger partial charge in [0, 0.05) is 37.1 Å². The lowest BCUT2D eigenvalue weighted by Gasteiger charge is -2.30. The molecule has 11 N–H and O–H groups in total. The first kappa shape index (κ1) is 53.9. The second kappa shape index (κ2) is 24.7. The number of rotatable bonds is 29. The molecule has 0 spiro atoms. The molecule has 3 rings (SSSR count). The van der Waals surface area contributed by atoms with Gasteiger partial charge in [-0.3, -0.25) is 32.5 Å². The molecular formula is C33H58N7O18P3S. The van der Waals surface area contributed by atoms with E-state index in [1.165, 1.54) is 39.5 Å². The summed E-state index contributed by atoms with van der Waals surface area (Å²) < 4.78 is 62.3. The van der Waals surface area contributed by atoms with Crippen molar-refractivity contribution in [2.45, 2.75) is 122 Å². The number of anilines is 1. The summed E-state index contributed by atoms with van der Waals surface area (Å²) in [7, 11) is -16.4. The zero-order valence-electron chi connectivity index (χ0n) is 34.5. The van der Waals surface area contributed by atoms with Crippen LogP contribution in [0.3, 0.4) is 0 Å². The van der Waals surface area contributed by atoms with Gasteiger partial charge in [-0.2, -0.15) is 4.31 Å². The molecule has 3 heterocycles. The average molecular weight is 966 g/mol. The molecule has 1 saturated heterocycles. The second-order valence-corrected chi connectivity index (χ2v) is 20.4. The lowest BCUT2D eigenvalue weighted by molar-refractivity contribution is -0.137. The van der Waals surface area contributed by atoms with Gasteiger partial charge < -0.3 is 56.0 Å². The van der Waals surface area contributed by atoms with Crippen molar-refractivity contribution in [2.24, 2.45) is 5.41 Å². The molecule has 0 bridgehead atoms. The van der Waals surface area contributed by atoms with E-state index < -0.39 is 90.7 Å². The molecule has 0 saturated carbocycles. The number of aromatic nitrogens is 4. The van der Waals surface area contributed by atoms with Crippen LogP contribution in [-0.4, -0.2) is 134 Å². The van der Waals surface area contributed by atoms with Crippen LogP contribution in [-0.2, 0) is 50.7 Å². The first-order valence-electron chi connectivity index (χ1n) is 19.7. The van der Waals surface area contributed by atoms with Gasteiger partial charge in [-0.1, -0.05) is 77.5 Å². The Morgan fingerprint density at radius 1 is 0.968 bits per heavy atom. The van der Waals surface area contributed by atoms with Gasteiger partial charge in [0.05, 0.1) is 25.6 Å². The minimum absolute atomic E-state index is 0.0241. The van der Waals surface area contributed by atoms with Gasteiger partial charge in [0.15, 0.2) is 22.8 Å². The van der Waals surface area contributed by atoms with E-state index >= 15 is 0 Å². The maximum Gasteiger partial charge on any atom is 0.481 e. The molecular weight excluding hydrogens is 907 g/mol. The number of aliphatic hydroxyl groups excluding tert-OH is 3. The summed E-state index contributed by atoms with van der Waals surface area (Å²) in [4.78, 5) is 88.1. The van der Waals surface area contributed by atoms with Crippen molar-refractivity contribution >= 4 is 69.1 Å². The van der Waals surface area contributed by atoms with E-state index in [0.717, 1.165) is 48.2 Å². The van der Waals surface area contributed by atoms with E-state index in [4.69, 9.17) is 19.5 Å². The number of phosphoric ester groups is 3. The quantitative estimate of drug-likeness (QED) is 0.0408. The number of aliphatic hydroxyl groups is 3. The van der Waals surface area contributed by atoms with E-state index in [1.54, 1.807) is 0 Å². The van der Waals surface area contributed by atoms with Crippen LogP contribution < -0.4 is 16.4 Å². The van der Waals surface area contributed by atoms with Gasteiger partial charge in [0.1, 0.15) is 36.3 Å². The molecule has 3 unspecified atom stereocenters. The molecule has 0 radical (unpaired) electrons. The second-order valence-electron chi connectivity index (χ2n) is 15.1. The van der Waals surface area contributed by atoms with Gasteiger partial charge in [0.2, 0.25) is 11.8 Å². The number of unbranched alkanes of at least 4 members (excludes halogenated alkanes) is 6. The van der Waals surface area contributed by atoms with Crippen LogP contribution in [0.4, 0.5) is 5.82 Å². The van der Waals surface area contributed by atoms with E-state index in [1.807, 2.05) is 0 Å². The van der Waals surface area contributed by atoms with Crippen LogP contribution in [0.2, 0.25) is 0 Å². The SMILES string of the molecule is CCCCCCCCC[C@H](O)CC(=O)SCCNC(=O)CCNC(=O)C(O)C(C)(C)COP(=O)(O)OP(=O)(O)OC[C@H]1O[C@@H](n2cnc3c(N)ncnc32)[C@H](O)[C@@H]1OP(=O)(O)O. The van der Waals surface area contributed by atoms with Crippen LogP contribution in [0.5, 0.6) is 0 Å². The number of thioether (sulfide) groups is 1. The highest BCUT2D eigenvalue weighted by Gasteiger charge is 2.50. The third kappa shape index (κ3) is 18.2. The summed E-state index contributed by atoms with van der Waals surface area (Å²) in [5, 5.41) is 36.4. The summed E-state index contributed by atoms with van der Waals surface area (Å²) in [5.41, 5.74) is 4.25. The molecule has 0 aliphatic carbocycles. The summed E-state index contributed by atoms with van der Waals surface area (Å²) in [6.45, 7) is 2.55. The van der Waals surface area contributed by atoms with Crippen LogP contribution in [0.15, 0.2) is 12.7 Å². The molecule has 2 amide bonds. The van der Waals surface area contributed by atoms with E-state index in [2.05, 4.69) is 41.3 Å². The average Bonchev–Trinajstić information content (AvgIpc) is 3.74. The van der Waals surface area contributed by atoms with Gasteiger partial charge in [-0.05, 0) is 6.42 Å². The monoisotopic (exact) mass is 965 g/mol. The summed E-state index contributed by atoms with van der Waals surface area (Å²) >= 11 is 0.991. The zero-order valence-corrected chi connectivity index (χ0v) is 38.0. The predicted octanol–water partition coefficient (Wildman–Crippen LogP) is 1.56. The minimum atomic E-state index is -5.58. The lowest BCUT2D eigenvalue weighted by Crippen LogP contribution is -2.46. The number of carbonyl (C=O) groups is 3. The van der Waals surface area contributed by atoms with Crippen molar-refractivity contribution in [2.75, 3.05) is 37.8 Å². The highest BCUT2D eigenvalue weighted by Crippen LogP contribution is 2.61. The number of nitrogens with two attached hydrogens (primary N) is 1. The molecule has 62 heavy (non-hydrogen) atoms. The smallest absolute Gasteiger partial charge is 0.393 e. The van der Waals surface area contributed by atoms with Gasteiger partial charge in [-0.15, -0.1) is 0 Å². The molecule has 1 fully saturated rings. The Balaban J connectivity index is 1.39. The molecule has 8 atom stereocenters. The Morgan fingerprint density at radius 3 is 2.31 bits per heavy atom. The normalized spacial score (nSPS) is 21.3. The highest BCUT2D eigenvalue weighted by molar-refractivity contribution is 8.13. The van der Waals surface area contributed by atoms with E-state index in [0.29, 0.717) is 6.42 Å². The Hall–Kier alpha value is -2.48. The number of hydrogen-bond donors (Lipinski definition) is 10. The number of amides is 2. The van der Waals surface area contributed by atoms with Crippen LogP contribution >= 0.6 is 35.2 Å². The lowest BCUT2D eigenvalue weighted by atomic mass is 9.87. The maximum atomic E-state index is 12.7. The fraction of sp³-hybridized carbons (Fsp3) is 0.758. The number of fused-ring (bicyclic) bond motifs is 1. The van der Waals surface area contributed by atoms with Gasteiger partial charge in [0.25, 0.3) is 0 Å². The Morgan fingerprint density at radius 2 is 1.63 bits per heavy atom. The van der Waals surface area contributed by atoms with Crippen molar-refractivity contribution < 1.29 is 85.6 Å². The molecule has 1 aliphatic rings. The topological polar surface area (TPSA) is 384 Å². The molecule has 2 aromatic heterocycles.